The fourth-order valence-electron chi connectivity index (χ4n) is 4.00. The summed E-state index contributed by atoms with van der Waals surface area (Å²) in [6.07, 6.45) is 2.50. The molecule has 0 bridgehead atoms. The van der Waals surface area contributed by atoms with E-state index in [1.54, 1.807) is 4.90 Å². The van der Waals surface area contributed by atoms with Gasteiger partial charge in [0.15, 0.2) is 0 Å². The Bertz CT molecular complexity index is 732. The quantitative estimate of drug-likeness (QED) is 0.667. The van der Waals surface area contributed by atoms with Gasteiger partial charge >= 0.3 is 6.09 Å². The Morgan fingerprint density at radius 3 is 2.36 bits per heavy atom. The molecule has 2 aliphatic rings. The summed E-state index contributed by atoms with van der Waals surface area (Å²) in [5.74, 6) is 5.67. The van der Waals surface area contributed by atoms with Gasteiger partial charge in [-0.05, 0) is 41.5 Å². The van der Waals surface area contributed by atoms with Crippen molar-refractivity contribution in [2.75, 3.05) is 13.2 Å². The summed E-state index contributed by atoms with van der Waals surface area (Å²) in [4.78, 5) is 14.3. The molecule has 25 heavy (non-hydrogen) atoms. The molecule has 1 saturated heterocycles. The van der Waals surface area contributed by atoms with E-state index >= 15 is 0 Å². The SMILES string of the molecule is NNC1CCCCN1C(=O)OCC1c2ccccc2-c2ccccc21. The molecule has 5 heteroatoms. The van der Waals surface area contributed by atoms with Gasteiger partial charge in [0.25, 0.3) is 0 Å². The lowest BCUT2D eigenvalue weighted by Crippen LogP contribution is -2.54. The average molecular weight is 337 g/mol. The van der Waals surface area contributed by atoms with Crippen LogP contribution < -0.4 is 11.3 Å². The second-order valence-electron chi connectivity index (χ2n) is 6.68. The van der Waals surface area contributed by atoms with Crippen LogP contribution in [0.3, 0.4) is 0 Å². The number of ether oxygens (including phenoxy) is 1. The van der Waals surface area contributed by atoms with Crippen molar-refractivity contribution in [2.45, 2.75) is 31.3 Å². The number of piperidine rings is 1. The minimum absolute atomic E-state index is 0.0884. The van der Waals surface area contributed by atoms with Crippen LogP contribution in [0.5, 0.6) is 0 Å². The first-order valence-corrected chi connectivity index (χ1v) is 8.87. The molecule has 5 nitrogen and oxygen atoms in total. The molecule has 3 N–H and O–H groups in total. The van der Waals surface area contributed by atoms with Gasteiger partial charge in [0, 0.05) is 12.5 Å². The van der Waals surface area contributed by atoms with Crippen LogP contribution in [-0.2, 0) is 4.74 Å². The van der Waals surface area contributed by atoms with Crippen molar-refractivity contribution in [3.8, 4) is 11.1 Å². The molecule has 0 aromatic heterocycles. The number of nitrogens with zero attached hydrogens (tertiary/aromatic N) is 1. The van der Waals surface area contributed by atoms with Gasteiger partial charge in [-0.3, -0.25) is 10.7 Å². The maximum absolute atomic E-state index is 12.6. The van der Waals surface area contributed by atoms with Gasteiger partial charge in [0.2, 0.25) is 0 Å². The molecule has 1 atom stereocenters. The third-order valence-corrected chi connectivity index (χ3v) is 5.27. The molecule has 0 spiro atoms. The molecule has 1 aliphatic heterocycles. The average Bonchev–Trinajstić information content (AvgIpc) is 3.00. The number of hydrogen-bond donors (Lipinski definition) is 2. The lowest BCUT2D eigenvalue weighted by Gasteiger charge is -2.34. The van der Waals surface area contributed by atoms with Gasteiger partial charge in [0.1, 0.15) is 6.61 Å². The van der Waals surface area contributed by atoms with Crippen LogP contribution in [-0.4, -0.2) is 30.3 Å². The van der Waals surface area contributed by atoms with E-state index in [-0.39, 0.29) is 18.2 Å². The van der Waals surface area contributed by atoms with E-state index in [2.05, 4.69) is 41.8 Å². The van der Waals surface area contributed by atoms with Crippen LogP contribution in [0, 0.1) is 0 Å². The Kier molecular flexibility index (Phi) is 4.42. The zero-order chi connectivity index (χ0) is 17.2. The second kappa shape index (κ2) is 6.86. The summed E-state index contributed by atoms with van der Waals surface area (Å²) in [5.41, 5.74) is 7.64. The molecule has 1 amide bonds. The number of likely N-dealkylation sites (tertiary alicyclic amines) is 1. The third kappa shape index (κ3) is 2.90. The first kappa shape index (κ1) is 16.1. The summed E-state index contributed by atoms with van der Waals surface area (Å²) in [5, 5.41) is 0. The highest BCUT2D eigenvalue weighted by Crippen LogP contribution is 2.44. The van der Waals surface area contributed by atoms with E-state index in [0.717, 1.165) is 19.3 Å². The molecule has 2 aromatic carbocycles. The number of nitrogens with one attached hydrogen (secondary N) is 1. The number of nitrogens with two attached hydrogens (primary N) is 1. The van der Waals surface area contributed by atoms with Crippen molar-refractivity contribution in [2.24, 2.45) is 5.84 Å². The summed E-state index contributed by atoms with van der Waals surface area (Å²) in [6.45, 7) is 1.03. The lowest BCUT2D eigenvalue weighted by molar-refractivity contribution is 0.0624. The van der Waals surface area contributed by atoms with Crippen molar-refractivity contribution in [3.63, 3.8) is 0 Å². The van der Waals surface area contributed by atoms with Crippen LogP contribution in [0.15, 0.2) is 48.5 Å². The summed E-state index contributed by atoms with van der Waals surface area (Å²) < 4.78 is 5.70. The first-order chi connectivity index (χ1) is 12.3. The Morgan fingerprint density at radius 2 is 1.72 bits per heavy atom. The van der Waals surface area contributed by atoms with E-state index < -0.39 is 0 Å². The minimum Gasteiger partial charge on any atom is -0.448 e. The van der Waals surface area contributed by atoms with Crippen LogP contribution >= 0.6 is 0 Å². The van der Waals surface area contributed by atoms with Crippen LogP contribution in [0.4, 0.5) is 4.79 Å². The number of hydrazine groups is 1. The van der Waals surface area contributed by atoms with E-state index in [1.807, 2.05) is 12.1 Å². The molecular weight excluding hydrogens is 314 g/mol. The molecule has 0 saturated carbocycles. The molecule has 2 aromatic rings. The number of fused-ring (bicyclic) bond motifs is 3. The topological polar surface area (TPSA) is 67.6 Å². The van der Waals surface area contributed by atoms with Gasteiger partial charge in [-0.15, -0.1) is 0 Å². The Labute approximate surface area is 147 Å². The maximum atomic E-state index is 12.6. The number of amides is 1. The van der Waals surface area contributed by atoms with E-state index in [0.29, 0.717) is 13.2 Å². The fraction of sp³-hybridized carbons (Fsp3) is 0.350. The number of benzene rings is 2. The zero-order valence-corrected chi connectivity index (χ0v) is 14.2. The highest BCUT2D eigenvalue weighted by atomic mass is 16.6. The fourth-order valence-corrected chi connectivity index (χ4v) is 4.00. The van der Waals surface area contributed by atoms with Gasteiger partial charge in [-0.25, -0.2) is 10.2 Å². The molecule has 1 heterocycles. The number of carbonyl (C=O) groups excluding carboxylic acids is 1. The predicted octanol–water partition coefficient (Wildman–Crippen LogP) is 3.21. The van der Waals surface area contributed by atoms with Gasteiger partial charge in [-0.1, -0.05) is 48.5 Å². The van der Waals surface area contributed by atoms with E-state index in [4.69, 9.17) is 10.6 Å². The molecule has 0 radical (unpaired) electrons. The van der Waals surface area contributed by atoms with Crippen molar-refractivity contribution >= 4 is 6.09 Å². The van der Waals surface area contributed by atoms with Crippen LogP contribution in [0.1, 0.15) is 36.3 Å². The molecule has 1 unspecified atom stereocenters. The number of carbonyl (C=O) groups is 1. The van der Waals surface area contributed by atoms with Crippen LogP contribution in [0.25, 0.3) is 11.1 Å². The highest BCUT2D eigenvalue weighted by Gasteiger charge is 2.31. The second-order valence-corrected chi connectivity index (χ2v) is 6.68. The molecular formula is C20H23N3O2. The molecule has 4 rings (SSSR count). The van der Waals surface area contributed by atoms with Crippen molar-refractivity contribution in [3.05, 3.63) is 59.7 Å². The highest BCUT2D eigenvalue weighted by molar-refractivity contribution is 5.79. The predicted molar refractivity (Wildman–Crippen MR) is 96.7 cm³/mol. The maximum Gasteiger partial charge on any atom is 0.411 e. The Hall–Kier alpha value is -2.37. The Morgan fingerprint density at radius 1 is 1.08 bits per heavy atom. The Balaban J connectivity index is 1.52. The molecule has 1 fully saturated rings. The summed E-state index contributed by atoms with van der Waals surface area (Å²) in [7, 11) is 0. The number of rotatable bonds is 3. The first-order valence-electron chi connectivity index (χ1n) is 8.87. The number of hydrogen-bond acceptors (Lipinski definition) is 4. The van der Waals surface area contributed by atoms with Crippen molar-refractivity contribution < 1.29 is 9.53 Å². The normalized spacial score (nSPS) is 19.4. The van der Waals surface area contributed by atoms with E-state index in [1.165, 1.54) is 22.3 Å². The summed E-state index contributed by atoms with van der Waals surface area (Å²) in [6, 6.07) is 16.7. The van der Waals surface area contributed by atoms with E-state index in [9.17, 15) is 4.79 Å². The monoisotopic (exact) mass is 337 g/mol. The van der Waals surface area contributed by atoms with Crippen molar-refractivity contribution in [1.82, 2.24) is 10.3 Å². The zero-order valence-electron chi connectivity index (χ0n) is 14.2. The van der Waals surface area contributed by atoms with Crippen molar-refractivity contribution in [1.29, 1.82) is 0 Å². The van der Waals surface area contributed by atoms with Gasteiger partial charge < -0.3 is 4.74 Å². The third-order valence-electron chi connectivity index (χ3n) is 5.27. The largest absolute Gasteiger partial charge is 0.448 e. The minimum atomic E-state index is -0.287. The smallest absolute Gasteiger partial charge is 0.411 e. The van der Waals surface area contributed by atoms with Gasteiger partial charge in [0.05, 0.1) is 6.17 Å². The summed E-state index contributed by atoms with van der Waals surface area (Å²) >= 11 is 0. The van der Waals surface area contributed by atoms with Crippen LogP contribution in [0.2, 0.25) is 0 Å². The van der Waals surface area contributed by atoms with Gasteiger partial charge in [-0.2, -0.15) is 0 Å². The standard InChI is InChI=1S/C20H23N3O2/c21-22-19-11-5-6-12-23(19)20(24)25-13-18-16-9-3-1-7-14(16)15-8-2-4-10-17(15)18/h1-4,7-10,18-19,22H,5-6,11-13,21H2. The molecule has 1 aliphatic carbocycles. The molecule has 130 valence electrons. The lowest BCUT2D eigenvalue weighted by atomic mass is 9.98.